The summed E-state index contributed by atoms with van der Waals surface area (Å²) in [6.07, 6.45) is 6.35. The van der Waals surface area contributed by atoms with Gasteiger partial charge in [-0.15, -0.1) is 6.42 Å². The molecule has 2 amide bonds. The average Bonchev–Trinajstić information content (AvgIpc) is 2.48. The first-order valence-corrected chi connectivity index (χ1v) is 6.78. The minimum absolute atomic E-state index is 0.0884. The summed E-state index contributed by atoms with van der Waals surface area (Å²) in [4.78, 5) is 17.5. The molecule has 2 aliphatic rings. The fourth-order valence-electron chi connectivity index (χ4n) is 2.66. The molecule has 1 saturated heterocycles. The van der Waals surface area contributed by atoms with Crippen molar-refractivity contribution >= 4 is 23.6 Å². The van der Waals surface area contributed by atoms with Crippen molar-refractivity contribution in [2.24, 2.45) is 16.1 Å². The van der Waals surface area contributed by atoms with Crippen LogP contribution in [0.1, 0.15) is 20.3 Å². The van der Waals surface area contributed by atoms with E-state index in [0.29, 0.717) is 5.84 Å². The number of nitrogens with zero attached hydrogens (tertiary/aromatic N) is 2. The number of nitrogens with two attached hydrogens (primary N) is 1. The number of hydrogen-bond donors (Lipinski definition) is 1. The van der Waals surface area contributed by atoms with Gasteiger partial charge in [-0.2, -0.15) is 16.8 Å². The van der Waals surface area contributed by atoms with Crippen LogP contribution in [0.3, 0.4) is 0 Å². The number of amides is 2. The molecule has 17 heavy (non-hydrogen) atoms. The van der Waals surface area contributed by atoms with Gasteiger partial charge in [0.15, 0.2) is 0 Å². The number of hydrogen-bond acceptors (Lipinski definition) is 3. The number of urea groups is 1. The van der Waals surface area contributed by atoms with Crippen LogP contribution >= 0.6 is 11.8 Å². The Labute approximate surface area is 106 Å². The normalized spacial score (nSPS) is 31.5. The van der Waals surface area contributed by atoms with E-state index in [9.17, 15) is 4.79 Å². The molecule has 0 aromatic carbocycles. The number of thioether (sulfide) groups is 1. The predicted octanol–water partition coefficient (Wildman–Crippen LogP) is 1.31. The lowest BCUT2D eigenvalue weighted by Crippen LogP contribution is -2.66. The van der Waals surface area contributed by atoms with Crippen LogP contribution in [0.2, 0.25) is 0 Å². The van der Waals surface area contributed by atoms with Crippen LogP contribution in [-0.2, 0) is 0 Å². The monoisotopic (exact) mass is 251 g/mol. The Morgan fingerprint density at radius 2 is 2.35 bits per heavy atom. The highest BCUT2D eigenvalue weighted by molar-refractivity contribution is 7.99. The minimum Gasteiger partial charge on any atom is -0.385 e. The number of aliphatic imine (C=N–C) groups is 1. The third-order valence-corrected chi connectivity index (χ3v) is 5.00. The molecule has 1 fully saturated rings. The Kier molecular flexibility index (Phi) is 2.86. The van der Waals surface area contributed by atoms with Crippen molar-refractivity contribution in [3.63, 3.8) is 0 Å². The lowest BCUT2D eigenvalue weighted by atomic mass is 9.69. The van der Waals surface area contributed by atoms with Gasteiger partial charge in [0.25, 0.3) is 0 Å². The molecule has 0 saturated carbocycles. The zero-order valence-corrected chi connectivity index (χ0v) is 11.0. The number of rotatable bonds is 1. The molecular weight excluding hydrogens is 234 g/mol. The Morgan fingerprint density at radius 3 is 2.94 bits per heavy atom. The first-order chi connectivity index (χ1) is 7.95. The Hall–Kier alpha value is -1.15. The molecule has 1 atom stereocenters. The smallest absolute Gasteiger partial charge is 0.346 e. The second-order valence-electron chi connectivity index (χ2n) is 5.12. The molecule has 1 spiro atoms. The first-order valence-electron chi connectivity index (χ1n) is 5.63. The highest BCUT2D eigenvalue weighted by Crippen LogP contribution is 2.48. The highest BCUT2D eigenvalue weighted by Gasteiger charge is 2.58. The third-order valence-electron chi connectivity index (χ3n) is 3.88. The van der Waals surface area contributed by atoms with Crippen LogP contribution in [0.5, 0.6) is 0 Å². The van der Waals surface area contributed by atoms with Gasteiger partial charge in [-0.3, -0.25) is 4.90 Å². The molecule has 0 aromatic rings. The summed E-state index contributed by atoms with van der Waals surface area (Å²) in [7, 11) is 0. The fourth-order valence-corrected chi connectivity index (χ4v) is 4.45. The summed E-state index contributed by atoms with van der Waals surface area (Å²) in [5.74, 6) is 4.83. The van der Waals surface area contributed by atoms with E-state index < -0.39 is 5.54 Å². The van der Waals surface area contributed by atoms with Gasteiger partial charge in [-0.25, -0.2) is 4.79 Å². The molecule has 0 bridgehead atoms. The van der Waals surface area contributed by atoms with E-state index >= 15 is 0 Å². The molecular formula is C12H17N3OS. The van der Waals surface area contributed by atoms with Crippen molar-refractivity contribution in [2.75, 3.05) is 18.1 Å². The Morgan fingerprint density at radius 1 is 1.65 bits per heavy atom. The molecule has 2 heterocycles. The van der Waals surface area contributed by atoms with Crippen LogP contribution in [0, 0.1) is 17.8 Å². The topological polar surface area (TPSA) is 58.7 Å². The first kappa shape index (κ1) is 12.3. The Balaban J connectivity index is 2.48. The van der Waals surface area contributed by atoms with Crippen molar-refractivity contribution in [1.29, 1.82) is 0 Å². The summed E-state index contributed by atoms with van der Waals surface area (Å²) >= 11 is 1.81. The van der Waals surface area contributed by atoms with Crippen LogP contribution in [0.4, 0.5) is 4.79 Å². The molecule has 0 aliphatic carbocycles. The van der Waals surface area contributed by atoms with E-state index in [2.05, 4.69) is 24.8 Å². The van der Waals surface area contributed by atoms with Crippen molar-refractivity contribution in [3.8, 4) is 12.3 Å². The number of carbonyl (C=O) groups is 1. The fraction of sp³-hybridized carbons (Fsp3) is 0.667. The molecule has 2 N–H and O–H groups in total. The second-order valence-corrected chi connectivity index (χ2v) is 6.22. The van der Waals surface area contributed by atoms with Gasteiger partial charge >= 0.3 is 6.03 Å². The second kappa shape index (κ2) is 3.95. The number of carbonyl (C=O) groups excluding carboxylic acids is 1. The quantitative estimate of drug-likeness (QED) is 0.715. The molecule has 92 valence electrons. The van der Waals surface area contributed by atoms with Crippen molar-refractivity contribution in [3.05, 3.63) is 0 Å². The molecule has 0 aromatic heterocycles. The number of amidine groups is 1. The maximum absolute atomic E-state index is 11.9. The van der Waals surface area contributed by atoms with Crippen LogP contribution in [-0.4, -0.2) is 40.4 Å². The Bertz CT molecular complexity index is 424. The van der Waals surface area contributed by atoms with Gasteiger partial charge in [0.1, 0.15) is 11.4 Å². The van der Waals surface area contributed by atoms with E-state index in [1.165, 1.54) is 0 Å². The average molecular weight is 251 g/mol. The zero-order valence-electron chi connectivity index (χ0n) is 10.2. The van der Waals surface area contributed by atoms with Gasteiger partial charge in [0, 0.05) is 5.75 Å². The molecule has 5 heteroatoms. The largest absolute Gasteiger partial charge is 0.385 e. The molecule has 0 radical (unpaired) electrons. The van der Waals surface area contributed by atoms with Crippen molar-refractivity contribution < 1.29 is 4.79 Å². The van der Waals surface area contributed by atoms with Gasteiger partial charge < -0.3 is 5.73 Å². The van der Waals surface area contributed by atoms with E-state index in [-0.39, 0.29) is 18.0 Å². The van der Waals surface area contributed by atoms with Gasteiger partial charge in [-0.05, 0) is 17.6 Å². The van der Waals surface area contributed by atoms with Crippen LogP contribution in [0.15, 0.2) is 4.99 Å². The third kappa shape index (κ3) is 1.54. The van der Waals surface area contributed by atoms with Crippen molar-refractivity contribution in [2.45, 2.75) is 25.8 Å². The van der Waals surface area contributed by atoms with E-state index in [0.717, 1.165) is 17.9 Å². The van der Waals surface area contributed by atoms with E-state index in [1.54, 1.807) is 16.7 Å². The zero-order chi connectivity index (χ0) is 12.7. The van der Waals surface area contributed by atoms with Crippen molar-refractivity contribution in [1.82, 2.24) is 4.90 Å². The van der Waals surface area contributed by atoms with Gasteiger partial charge in [0.05, 0.1) is 6.54 Å². The minimum atomic E-state index is -0.501. The highest BCUT2D eigenvalue weighted by atomic mass is 32.2. The maximum Gasteiger partial charge on any atom is 0.346 e. The van der Waals surface area contributed by atoms with E-state index in [1.807, 2.05) is 0 Å². The molecule has 2 rings (SSSR count). The van der Waals surface area contributed by atoms with Crippen LogP contribution < -0.4 is 5.73 Å². The van der Waals surface area contributed by atoms with Crippen LogP contribution in [0.25, 0.3) is 0 Å². The lowest BCUT2D eigenvalue weighted by Gasteiger charge is -2.51. The molecule has 4 nitrogen and oxygen atoms in total. The lowest BCUT2D eigenvalue weighted by molar-refractivity contribution is 0.0972. The SMILES string of the molecule is C#CCN1C(=O)N=C(N)C12CSCCC2(C)C. The summed E-state index contributed by atoms with van der Waals surface area (Å²) in [6.45, 7) is 4.54. The summed E-state index contributed by atoms with van der Waals surface area (Å²) < 4.78 is 0. The molecule has 2 aliphatic heterocycles. The van der Waals surface area contributed by atoms with Gasteiger partial charge in [0.2, 0.25) is 0 Å². The standard InChI is InChI=1S/C12H17N3OS/c1-4-6-15-10(16)14-9(13)12(15)8-17-7-5-11(12,2)3/h1H,5-8H2,2-3H3,(H2,13,14,16). The number of terminal acetylenes is 1. The summed E-state index contributed by atoms with van der Waals surface area (Å²) in [6, 6.07) is -0.295. The summed E-state index contributed by atoms with van der Waals surface area (Å²) in [5, 5.41) is 0. The van der Waals surface area contributed by atoms with Gasteiger partial charge in [-0.1, -0.05) is 19.8 Å². The summed E-state index contributed by atoms with van der Waals surface area (Å²) in [5.41, 5.74) is 5.45. The van der Waals surface area contributed by atoms with E-state index in [4.69, 9.17) is 12.2 Å². The maximum atomic E-state index is 11.9. The predicted molar refractivity (Wildman–Crippen MR) is 71.0 cm³/mol. The molecule has 1 unspecified atom stereocenters.